The first-order valence-electron chi connectivity index (χ1n) is 8.41. The highest BCUT2D eigenvalue weighted by atomic mass is 19.1. The molecule has 0 aliphatic heterocycles. The molecule has 0 radical (unpaired) electrons. The third kappa shape index (κ3) is 4.22. The Bertz CT molecular complexity index is 899. The second kappa shape index (κ2) is 8.20. The SMILES string of the molecule is CCCNc1cc(C(=O)Nc2ccccc2F)nc(-c2ccccc2)n1. The molecule has 0 bridgehead atoms. The second-order valence-electron chi connectivity index (χ2n) is 5.69. The Hall–Kier alpha value is -3.28. The third-order valence-electron chi connectivity index (χ3n) is 3.67. The average molecular weight is 350 g/mol. The number of carbonyl (C=O) groups is 1. The minimum absolute atomic E-state index is 0.112. The first-order chi connectivity index (χ1) is 12.7. The molecule has 6 heteroatoms. The predicted octanol–water partition coefficient (Wildman–Crippen LogP) is 4.36. The summed E-state index contributed by atoms with van der Waals surface area (Å²) in [5.41, 5.74) is 1.08. The number of carbonyl (C=O) groups excluding carboxylic acids is 1. The van der Waals surface area contributed by atoms with Gasteiger partial charge < -0.3 is 10.6 Å². The van der Waals surface area contributed by atoms with Gasteiger partial charge in [-0.3, -0.25) is 4.79 Å². The number of benzene rings is 2. The maximum absolute atomic E-state index is 13.8. The minimum Gasteiger partial charge on any atom is -0.370 e. The maximum Gasteiger partial charge on any atom is 0.274 e. The average Bonchev–Trinajstić information content (AvgIpc) is 2.68. The van der Waals surface area contributed by atoms with E-state index in [1.54, 1.807) is 18.2 Å². The van der Waals surface area contributed by atoms with Gasteiger partial charge >= 0.3 is 0 Å². The van der Waals surface area contributed by atoms with Gasteiger partial charge in [0.25, 0.3) is 5.91 Å². The molecular formula is C20H19FN4O. The fraction of sp³-hybridized carbons (Fsp3) is 0.150. The van der Waals surface area contributed by atoms with Gasteiger partial charge in [-0.15, -0.1) is 0 Å². The van der Waals surface area contributed by atoms with Gasteiger partial charge in [-0.25, -0.2) is 14.4 Å². The molecule has 0 spiro atoms. The lowest BCUT2D eigenvalue weighted by molar-refractivity contribution is 0.102. The van der Waals surface area contributed by atoms with Gasteiger partial charge in [-0.05, 0) is 18.6 Å². The number of amides is 1. The Morgan fingerprint density at radius 1 is 1.04 bits per heavy atom. The number of hydrogen-bond acceptors (Lipinski definition) is 4. The Labute approximate surface area is 151 Å². The standard InChI is InChI=1S/C20H19FN4O/c1-2-12-22-18-13-17(20(26)24-16-11-7-6-10-15(16)21)23-19(25-18)14-8-4-3-5-9-14/h3-11,13H,2,12H2,1H3,(H,24,26)(H,22,23,25). The molecule has 132 valence electrons. The molecule has 3 aromatic rings. The molecule has 26 heavy (non-hydrogen) atoms. The molecule has 0 aliphatic rings. The van der Waals surface area contributed by atoms with Gasteiger partial charge in [-0.1, -0.05) is 49.4 Å². The maximum atomic E-state index is 13.8. The normalized spacial score (nSPS) is 10.4. The Balaban J connectivity index is 1.94. The van der Waals surface area contributed by atoms with E-state index < -0.39 is 11.7 Å². The number of anilines is 2. The lowest BCUT2D eigenvalue weighted by atomic mass is 10.2. The summed E-state index contributed by atoms with van der Waals surface area (Å²) in [7, 11) is 0. The zero-order valence-electron chi connectivity index (χ0n) is 14.4. The smallest absolute Gasteiger partial charge is 0.274 e. The second-order valence-corrected chi connectivity index (χ2v) is 5.69. The molecule has 1 aromatic heterocycles. The van der Waals surface area contributed by atoms with Crippen LogP contribution in [0.3, 0.4) is 0 Å². The third-order valence-corrected chi connectivity index (χ3v) is 3.67. The molecule has 2 aromatic carbocycles. The lowest BCUT2D eigenvalue weighted by Crippen LogP contribution is -2.16. The van der Waals surface area contributed by atoms with Crippen LogP contribution in [0.1, 0.15) is 23.8 Å². The molecule has 1 heterocycles. The van der Waals surface area contributed by atoms with Crippen LogP contribution in [0, 0.1) is 5.82 Å². The van der Waals surface area contributed by atoms with Crippen LogP contribution in [0.15, 0.2) is 60.7 Å². The van der Waals surface area contributed by atoms with Crippen molar-refractivity contribution in [3.05, 3.63) is 72.2 Å². The van der Waals surface area contributed by atoms with E-state index in [-0.39, 0.29) is 11.4 Å². The van der Waals surface area contributed by atoms with Crippen LogP contribution < -0.4 is 10.6 Å². The minimum atomic E-state index is -0.498. The molecule has 0 unspecified atom stereocenters. The van der Waals surface area contributed by atoms with Crippen molar-refractivity contribution in [3.63, 3.8) is 0 Å². The number of hydrogen-bond donors (Lipinski definition) is 2. The Kier molecular flexibility index (Phi) is 5.53. The van der Waals surface area contributed by atoms with Crippen molar-refractivity contribution in [3.8, 4) is 11.4 Å². The Morgan fingerprint density at radius 3 is 2.50 bits per heavy atom. The van der Waals surface area contributed by atoms with E-state index in [2.05, 4.69) is 20.6 Å². The summed E-state index contributed by atoms with van der Waals surface area (Å²) < 4.78 is 13.8. The first kappa shape index (κ1) is 17.5. The lowest BCUT2D eigenvalue weighted by Gasteiger charge is -2.10. The van der Waals surface area contributed by atoms with Crippen molar-refractivity contribution >= 4 is 17.4 Å². The molecule has 3 rings (SSSR count). The van der Waals surface area contributed by atoms with Crippen LogP contribution in [0.4, 0.5) is 15.9 Å². The summed E-state index contributed by atoms with van der Waals surface area (Å²) in [5.74, 6) is 0.00141. The van der Waals surface area contributed by atoms with Crippen molar-refractivity contribution in [1.82, 2.24) is 9.97 Å². The molecule has 0 fully saturated rings. The van der Waals surface area contributed by atoms with E-state index in [1.165, 1.54) is 12.1 Å². The van der Waals surface area contributed by atoms with E-state index in [0.717, 1.165) is 18.5 Å². The van der Waals surface area contributed by atoms with Crippen LogP contribution in [0.5, 0.6) is 0 Å². The zero-order valence-corrected chi connectivity index (χ0v) is 14.4. The topological polar surface area (TPSA) is 66.9 Å². The summed E-state index contributed by atoms with van der Waals surface area (Å²) in [5, 5.41) is 5.73. The van der Waals surface area contributed by atoms with Gasteiger partial charge in [-0.2, -0.15) is 0 Å². The van der Waals surface area contributed by atoms with E-state index in [1.807, 2.05) is 37.3 Å². The molecule has 5 nitrogen and oxygen atoms in total. The van der Waals surface area contributed by atoms with E-state index >= 15 is 0 Å². The van der Waals surface area contributed by atoms with Gasteiger partial charge in [0.2, 0.25) is 0 Å². The van der Waals surface area contributed by atoms with Crippen LogP contribution in [0.2, 0.25) is 0 Å². The zero-order chi connectivity index (χ0) is 18.4. The Morgan fingerprint density at radius 2 is 1.77 bits per heavy atom. The highest BCUT2D eigenvalue weighted by Crippen LogP contribution is 2.19. The van der Waals surface area contributed by atoms with Crippen LogP contribution >= 0.6 is 0 Å². The number of aromatic nitrogens is 2. The predicted molar refractivity (Wildman–Crippen MR) is 101 cm³/mol. The number of para-hydroxylation sites is 1. The van der Waals surface area contributed by atoms with Crippen LogP contribution in [-0.2, 0) is 0 Å². The van der Waals surface area contributed by atoms with Crippen molar-refractivity contribution in [2.45, 2.75) is 13.3 Å². The van der Waals surface area contributed by atoms with Crippen LogP contribution in [-0.4, -0.2) is 22.4 Å². The van der Waals surface area contributed by atoms with E-state index in [0.29, 0.717) is 11.6 Å². The summed E-state index contributed by atoms with van der Waals surface area (Å²) >= 11 is 0. The van der Waals surface area contributed by atoms with Gasteiger partial charge in [0, 0.05) is 18.2 Å². The fourth-order valence-corrected chi connectivity index (χ4v) is 2.37. The molecule has 1 amide bonds. The molecule has 0 saturated carbocycles. The van der Waals surface area contributed by atoms with Crippen molar-refractivity contribution < 1.29 is 9.18 Å². The quantitative estimate of drug-likeness (QED) is 0.693. The van der Waals surface area contributed by atoms with E-state index in [4.69, 9.17) is 0 Å². The van der Waals surface area contributed by atoms with Gasteiger partial charge in [0.1, 0.15) is 17.3 Å². The first-order valence-corrected chi connectivity index (χ1v) is 8.41. The largest absolute Gasteiger partial charge is 0.370 e. The van der Waals surface area contributed by atoms with Crippen LogP contribution in [0.25, 0.3) is 11.4 Å². The fourth-order valence-electron chi connectivity index (χ4n) is 2.37. The molecule has 0 atom stereocenters. The summed E-state index contributed by atoms with van der Waals surface area (Å²) in [6.45, 7) is 2.76. The number of halogens is 1. The highest BCUT2D eigenvalue weighted by Gasteiger charge is 2.14. The molecule has 0 aliphatic carbocycles. The summed E-state index contributed by atoms with van der Waals surface area (Å²) in [6, 6.07) is 17.0. The molecule has 2 N–H and O–H groups in total. The van der Waals surface area contributed by atoms with Gasteiger partial charge in [0.15, 0.2) is 5.82 Å². The summed E-state index contributed by atoms with van der Waals surface area (Å²) in [4.78, 5) is 21.4. The summed E-state index contributed by atoms with van der Waals surface area (Å²) in [6.07, 6.45) is 0.918. The highest BCUT2D eigenvalue weighted by molar-refractivity contribution is 6.03. The van der Waals surface area contributed by atoms with Crippen molar-refractivity contribution in [1.29, 1.82) is 0 Å². The van der Waals surface area contributed by atoms with E-state index in [9.17, 15) is 9.18 Å². The van der Waals surface area contributed by atoms with Gasteiger partial charge in [0.05, 0.1) is 5.69 Å². The number of rotatable bonds is 6. The molecular weight excluding hydrogens is 331 g/mol. The van der Waals surface area contributed by atoms with Crippen molar-refractivity contribution in [2.75, 3.05) is 17.2 Å². The van der Waals surface area contributed by atoms with Crippen molar-refractivity contribution in [2.24, 2.45) is 0 Å². The number of nitrogens with one attached hydrogen (secondary N) is 2. The molecule has 0 saturated heterocycles. The number of nitrogens with zero attached hydrogens (tertiary/aromatic N) is 2. The monoisotopic (exact) mass is 350 g/mol.